The second-order valence-corrected chi connectivity index (χ2v) is 11.3. The highest BCUT2D eigenvalue weighted by Gasteiger charge is 2.30. The summed E-state index contributed by atoms with van der Waals surface area (Å²) in [5, 5.41) is 3.77. The number of fused-ring (bicyclic) bond motifs is 1. The zero-order valence-corrected chi connectivity index (χ0v) is 24.0. The Morgan fingerprint density at radius 3 is 2.33 bits per heavy atom. The molecule has 0 atom stereocenters. The molecule has 0 aliphatic rings. The highest BCUT2D eigenvalue weighted by atomic mass is 32.1. The van der Waals surface area contributed by atoms with E-state index in [0.29, 0.717) is 27.7 Å². The monoisotopic (exact) mass is 544 g/mol. The highest BCUT2D eigenvalue weighted by molar-refractivity contribution is 7.18. The van der Waals surface area contributed by atoms with Gasteiger partial charge in [-0.25, -0.2) is 14.6 Å². The molecule has 39 heavy (non-hydrogen) atoms. The third kappa shape index (κ3) is 6.01. The van der Waals surface area contributed by atoms with Gasteiger partial charge in [-0.2, -0.15) is 0 Å². The molecule has 0 saturated carbocycles. The molecule has 1 N–H and O–H groups in total. The molecule has 0 aliphatic carbocycles. The van der Waals surface area contributed by atoms with Crippen molar-refractivity contribution >= 4 is 45.1 Å². The van der Waals surface area contributed by atoms with Crippen LogP contribution < -0.4 is 5.32 Å². The standard InChI is InChI=1S/C31H32N2O5S/c1-8-37-29(35)25-19(4)26(30(36)38-31(5,6)7)39-28(25)33-27(34)22-16-24(20-14-13-17(2)18(3)15-20)32-23-12-10-9-11-21(22)23/h9-16H,8H2,1-7H3,(H,33,34). The predicted octanol–water partition coefficient (Wildman–Crippen LogP) is 7.27. The van der Waals surface area contributed by atoms with Crippen LogP contribution in [0.25, 0.3) is 22.2 Å². The summed E-state index contributed by atoms with van der Waals surface area (Å²) in [6.07, 6.45) is 0. The van der Waals surface area contributed by atoms with E-state index < -0.39 is 23.4 Å². The van der Waals surface area contributed by atoms with Crippen molar-refractivity contribution in [2.24, 2.45) is 0 Å². The number of rotatable bonds is 6. The zero-order chi connectivity index (χ0) is 28.5. The number of carbonyl (C=O) groups excluding carboxylic acids is 3. The molecule has 1 amide bonds. The maximum atomic E-state index is 13.8. The summed E-state index contributed by atoms with van der Waals surface area (Å²) in [5.41, 5.74) is 4.72. The lowest BCUT2D eigenvalue weighted by molar-refractivity contribution is 0.00743. The van der Waals surface area contributed by atoms with Gasteiger partial charge in [0.25, 0.3) is 5.91 Å². The Morgan fingerprint density at radius 1 is 0.949 bits per heavy atom. The van der Waals surface area contributed by atoms with Crippen molar-refractivity contribution in [3.63, 3.8) is 0 Å². The van der Waals surface area contributed by atoms with Crippen molar-refractivity contribution < 1.29 is 23.9 Å². The number of carbonyl (C=O) groups is 3. The van der Waals surface area contributed by atoms with Crippen molar-refractivity contribution in [3.8, 4) is 11.3 Å². The lowest BCUT2D eigenvalue weighted by Crippen LogP contribution is -2.23. The Bertz CT molecular complexity index is 1600. The third-order valence-corrected chi connectivity index (χ3v) is 7.39. The van der Waals surface area contributed by atoms with E-state index in [0.717, 1.165) is 28.0 Å². The molecule has 2 aromatic heterocycles. The van der Waals surface area contributed by atoms with Crippen LogP contribution in [0, 0.1) is 20.8 Å². The molecule has 0 fully saturated rings. The molecule has 0 unspecified atom stereocenters. The molecule has 2 aromatic carbocycles. The number of ether oxygens (including phenoxy) is 2. The fourth-order valence-electron chi connectivity index (χ4n) is 4.15. The Labute approximate surface area is 232 Å². The van der Waals surface area contributed by atoms with E-state index in [-0.39, 0.29) is 22.0 Å². The second-order valence-electron chi connectivity index (χ2n) is 10.3. The average Bonchev–Trinajstić information content (AvgIpc) is 3.19. The van der Waals surface area contributed by atoms with Crippen molar-refractivity contribution in [2.45, 2.75) is 54.1 Å². The molecule has 0 radical (unpaired) electrons. The number of aryl methyl sites for hydroxylation is 2. The largest absolute Gasteiger partial charge is 0.462 e. The SMILES string of the molecule is CCOC(=O)c1c(NC(=O)c2cc(-c3ccc(C)c(C)c3)nc3ccccc23)sc(C(=O)OC(C)(C)C)c1C. The van der Waals surface area contributed by atoms with Crippen LogP contribution >= 0.6 is 11.3 Å². The second kappa shape index (κ2) is 11.0. The molecule has 2 heterocycles. The molecule has 8 heteroatoms. The molecule has 0 bridgehead atoms. The number of anilines is 1. The van der Waals surface area contributed by atoms with Gasteiger partial charge in [-0.3, -0.25) is 4.79 Å². The molecule has 7 nitrogen and oxygen atoms in total. The normalized spacial score (nSPS) is 11.4. The van der Waals surface area contributed by atoms with E-state index in [9.17, 15) is 14.4 Å². The van der Waals surface area contributed by atoms with Gasteiger partial charge in [-0.1, -0.05) is 30.3 Å². The van der Waals surface area contributed by atoms with Gasteiger partial charge in [0.05, 0.1) is 28.9 Å². The van der Waals surface area contributed by atoms with Crippen LogP contribution in [-0.4, -0.2) is 35.0 Å². The summed E-state index contributed by atoms with van der Waals surface area (Å²) in [7, 11) is 0. The third-order valence-electron chi connectivity index (χ3n) is 6.20. The first-order valence-corrected chi connectivity index (χ1v) is 13.5. The van der Waals surface area contributed by atoms with Crippen LogP contribution in [0.3, 0.4) is 0 Å². The van der Waals surface area contributed by atoms with Crippen molar-refractivity contribution in [3.05, 3.63) is 81.2 Å². The summed E-state index contributed by atoms with van der Waals surface area (Å²) >= 11 is 0.999. The van der Waals surface area contributed by atoms with Crippen molar-refractivity contribution in [1.29, 1.82) is 0 Å². The highest BCUT2D eigenvalue weighted by Crippen LogP contribution is 2.36. The summed E-state index contributed by atoms with van der Waals surface area (Å²) < 4.78 is 10.8. The summed E-state index contributed by atoms with van der Waals surface area (Å²) in [5.74, 6) is -1.62. The number of amides is 1. The number of hydrogen-bond donors (Lipinski definition) is 1. The first-order valence-electron chi connectivity index (χ1n) is 12.7. The summed E-state index contributed by atoms with van der Waals surface area (Å²) in [6.45, 7) is 12.9. The van der Waals surface area contributed by atoms with Crippen LogP contribution in [0.2, 0.25) is 0 Å². The molecule has 0 aliphatic heterocycles. The van der Waals surface area contributed by atoms with Gasteiger partial charge in [0.15, 0.2) is 0 Å². The maximum Gasteiger partial charge on any atom is 0.349 e. The van der Waals surface area contributed by atoms with Crippen LogP contribution in [0.5, 0.6) is 0 Å². The summed E-state index contributed by atoms with van der Waals surface area (Å²) in [4.78, 5) is 44.7. The average molecular weight is 545 g/mol. The van der Waals surface area contributed by atoms with E-state index in [1.165, 1.54) is 0 Å². The molecule has 202 valence electrons. The maximum absolute atomic E-state index is 13.8. The minimum atomic E-state index is -0.721. The Kier molecular flexibility index (Phi) is 7.88. The number of pyridine rings is 1. The lowest BCUT2D eigenvalue weighted by Gasteiger charge is -2.19. The Hall–Kier alpha value is -4.04. The van der Waals surface area contributed by atoms with Crippen LogP contribution in [-0.2, 0) is 9.47 Å². The van der Waals surface area contributed by atoms with Gasteiger partial charge in [-0.05, 0) is 83.4 Å². The number of para-hydroxylation sites is 1. The summed E-state index contributed by atoms with van der Waals surface area (Å²) in [6, 6.07) is 15.2. The van der Waals surface area contributed by atoms with E-state index in [1.807, 2.05) is 56.3 Å². The molecular formula is C31H32N2O5S. The zero-order valence-electron chi connectivity index (χ0n) is 23.2. The number of benzene rings is 2. The minimum Gasteiger partial charge on any atom is -0.462 e. The number of nitrogens with one attached hydrogen (secondary N) is 1. The topological polar surface area (TPSA) is 94.6 Å². The molecule has 4 aromatic rings. The number of esters is 2. The quantitative estimate of drug-likeness (QED) is 0.257. The van der Waals surface area contributed by atoms with Gasteiger partial charge in [-0.15, -0.1) is 11.3 Å². The fourth-order valence-corrected chi connectivity index (χ4v) is 5.22. The van der Waals surface area contributed by atoms with Crippen LogP contribution in [0.15, 0.2) is 48.5 Å². The Morgan fingerprint density at radius 2 is 1.67 bits per heavy atom. The molecule has 0 spiro atoms. The van der Waals surface area contributed by atoms with Gasteiger partial charge < -0.3 is 14.8 Å². The smallest absolute Gasteiger partial charge is 0.349 e. The van der Waals surface area contributed by atoms with E-state index >= 15 is 0 Å². The van der Waals surface area contributed by atoms with Crippen LogP contribution in [0.4, 0.5) is 5.00 Å². The van der Waals surface area contributed by atoms with Gasteiger partial charge in [0.2, 0.25) is 0 Å². The van der Waals surface area contributed by atoms with E-state index in [2.05, 4.69) is 5.32 Å². The Balaban J connectivity index is 1.80. The lowest BCUT2D eigenvalue weighted by atomic mass is 10.0. The number of nitrogens with zero attached hydrogens (tertiary/aromatic N) is 1. The molecule has 4 rings (SSSR count). The van der Waals surface area contributed by atoms with Gasteiger partial charge in [0.1, 0.15) is 15.5 Å². The molecular weight excluding hydrogens is 512 g/mol. The first-order chi connectivity index (χ1) is 18.4. The first kappa shape index (κ1) is 28.0. The number of aromatic nitrogens is 1. The fraction of sp³-hybridized carbons (Fsp3) is 0.290. The number of hydrogen-bond acceptors (Lipinski definition) is 7. The predicted molar refractivity (Wildman–Crippen MR) is 155 cm³/mol. The van der Waals surface area contributed by atoms with Gasteiger partial charge in [0, 0.05) is 10.9 Å². The van der Waals surface area contributed by atoms with Crippen molar-refractivity contribution in [2.75, 3.05) is 11.9 Å². The van der Waals surface area contributed by atoms with Crippen LogP contribution in [0.1, 0.15) is 74.8 Å². The van der Waals surface area contributed by atoms with E-state index in [4.69, 9.17) is 14.5 Å². The van der Waals surface area contributed by atoms with E-state index in [1.54, 1.807) is 40.7 Å². The van der Waals surface area contributed by atoms with Gasteiger partial charge >= 0.3 is 11.9 Å². The van der Waals surface area contributed by atoms with Crippen molar-refractivity contribution in [1.82, 2.24) is 4.98 Å². The number of thiophene rings is 1. The molecule has 0 saturated heterocycles. The minimum absolute atomic E-state index is 0.142.